The molecular weight excluding hydrogens is 202 g/mol. The summed E-state index contributed by atoms with van der Waals surface area (Å²) in [6.07, 6.45) is 7.22. The monoisotopic (exact) mass is 217 g/mol. The van der Waals surface area contributed by atoms with Crippen molar-refractivity contribution >= 4 is 11.5 Å². The molecule has 2 aromatic rings. The van der Waals surface area contributed by atoms with E-state index in [-0.39, 0.29) is 0 Å². The van der Waals surface area contributed by atoms with Crippen LogP contribution in [0.1, 0.15) is 6.92 Å². The van der Waals surface area contributed by atoms with Gasteiger partial charge in [-0.15, -0.1) is 0 Å². The van der Waals surface area contributed by atoms with Crippen LogP contribution in [0.25, 0.3) is 0 Å². The highest BCUT2D eigenvalue weighted by Crippen LogP contribution is 2.10. The highest BCUT2D eigenvalue weighted by molar-refractivity contribution is 5.50. The Labute approximate surface area is 94.3 Å². The lowest BCUT2D eigenvalue weighted by atomic mass is 10.3. The molecule has 0 fully saturated rings. The van der Waals surface area contributed by atoms with Crippen LogP contribution in [0, 0.1) is 0 Å². The lowest BCUT2D eigenvalue weighted by molar-refractivity contribution is 0.619. The Balaban J connectivity index is 1.94. The lowest BCUT2D eigenvalue weighted by Crippen LogP contribution is -2.21. The fraction of sp³-hybridized carbons (Fsp3) is 0.273. The first-order valence-electron chi connectivity index (χ1n) is 5.18. The van der Waals surface area contributed by atoms with Gasteiger partial charge in [0.2, 0.25) is 0 Å². The first-order valence-corrected chi connectivity index (χ1v) is 5.18. The predicted molar refractivity (Wildman–Crippen MR) is 64.0 cm³/mol. The van der Waals surface area contributed by atoms with E-state index in [1.54, 1.807) is 18.7 Å². The van der Waals surface area contributed by atoms with E-state index in [2.05, 4.69) is 22.2 Å². The molecular formula is C11H15N5. The number of nitrogens with two attached hydrogens (primary N) is 1. The minimum absolute atomic E-state index is 0.302. The van der Waals surface area contributed by atoms with Crippen molar-refractivity contribution in [2.45, 2.75) is 19.5 Å². The molecule has 0 aromatic carbocycles. The molecule has 84 valence electrons. The van der Waals surface area contributed by atoms with Gasteiger partial charge in [-0.05, 0) is 13.0 Å². The van der Waals surface area contributed by atoms with Crippen molar-refractivity contribution in [1.29, 1.82) is 0 Å². The molecule has 2 aromatic heterocycles. The van der Waals surface area contributed by atoms with E-state index < -0.39 is 0 Å². The van der Waals surface area contributed by atoms with E-state index in [1.165, 1.54) is 0 Å². The van der Waals surface area contributed by atoms with Gasteiger partial charge in [0.15, 0.2) is 0 Å². The third-order valence-corrected chi connectivity index (χ3v) is 2.24. The SMILES string of the molecule is CC(Cn1ccnc1)Nc1ccnc(N)c1. The summed E-state index contributed by atoms with van der Waals surface area (Å²) in [4.78, 5) is 7.95. The largest absolute Gasteiger partial charge is 0.384 e. The number of nitrogen functional groups attached to an aromatic ring is 1. The molecule has 0 radical (unpaired) electrons. The van der Waals surface area contributed by atoms with E-state index in [0.29, 0.717) is 11.9 Å². The zero-order valence-electron chi connectivity index (χ0n) is 9.17. The molecule has 1 unspecified atom stereocenters. The number of nitrogens with one attached hydrogen (secondary N) is 1. The van der Waals surface area contributed by atoms with Crippen LogP contribution in [0.5, 0.6) is 0 Å². The van der Waals surface area contributed by atoms with Crippen molar-refractivity contribution < 1.29 is 0 Å². The van der Waals surface area contributed by atoms with Crippen molar-refractivity contribution in [2.75, 3.05) is 11.1 Å². The average Bonchev–Trinajstić information content (AvgIpc) is 2.70. The molecule has 2 heterocycles. The summed E-state index contributed by atoms with van der Waals surface area (Å²) in [5.41, 5.74) is 6.59. The maximum absolute atomic E-state index is 5.60. The fourth-order valence-electron chi connectivity index (χ4n) is 1.58. The van der Waals surface area contributed by atoms with Crippen LogP contribution in [0.15, 0.2) is 37.1 Å². The number of aromatic nitrogens is 3. The van der Waals surface area contributed by atoms with Crippen LogP contribution in [-0.4, -0.2) is 20.6 Å². The molecule has 16 heavy (non-hydrogen) atoms. The summed E-state index contributed by atoms with van der Waals surface area (Å²) in [6, 6.07) is 4.03. The number of pyridine rings is 1. The van der Waals surface area contributed by atoms with Crippen LogP contribution < -0.4 is 11.1 Å². The molecule has 1 atom stereocenters. The first kappa shape index (κ1) is 10.5. The number of hydrogen-bond donors (Lipinski definition) is 2. The number of anilines is 2. The molecule has 3 N–H and O–H groups in total. The summed E-state index contributed by atoms with van der Waals surface area (Å²) in [6.45, 7) is 2.97. The standard InChI is InChI=1S/C11H15N5/c1-9(7-16-5-4-13-8-16)15-10-2-3-14-11(12)6-10/h2-6,8-9H,7H2,1H3,(H3,12,14,15). The molecule has 5 heteroatoms. The van der Waals surface area contributed by atoms with Gasteiger partial charge >= 0.3 is 0 Å². The van der Waals surface area contributed by atoms with E-state index in [0.717, 1.165) is 12.2 Å². The summed E-state index contributed by atoms with van der Waals surface area (Å²) in [5.74, 6) is 0.528. The van der Waals surface area contributed by atoms with Gasteiger partial charge < -0.3 is 15.6 Å². The summed E-state index contributed by atoms with van der Waals surface area (Å²) in [7, 11) is 0. The maximum Gasteiger partial charge on any atom is 0.125 e. The number of rotatable bonds is 4. The molecule has 5 nitrogen and oxygen atoms in total. The average molecular weight is 217 g/mol. The van der Waals surface area contributed by atoms with E-state index in [9.17, 15) is 0 Å². The van der Waals surface area contributed by atoms with E-state index in [1.807, 2.05) is 22.9 Å². The van der Waals surface area contributed by atoms with Crippen molar-refractivity contribution in [1.82, 2.24) is 14.5 Å². The smallest absolute Gasteiger partial charge is 0.125 e. The Morgan fingerprint density at radius 2 is 2.38 bits per heavy atom. The van der Waals surface area contributed by atoms with Crippen LogP contribution in [0.2, 0.25) is 0 Å². The minimum atomic E-state index is 0.302. The molecule has 0 bridgehead atoms. The normalized spacial score (nSPS) is 12.3. The van der Waals surface area contributed by atoms with Gasteiger partial charge in [-0.25, -0.2) is 9.97 Å². The molecule has 2 rings (SSSR count). The third kappa shape index (κ3) is 2.73. The highest BCUT2D eigenvalue weighted by atomic mass is 15.1. The van der Waals surface area contributed by atoms with Crippen LogP contribution in [-0.2, 0) is 6.54 Å². The van der Waals surface area contributed by atoms with Crippen LogP contribution in [0.3, 0.4) is 0 Å². The van der Waals surface area contributed by atoms with Gasteiger partial charge in [0, 0.05) is 42.9 Å². The summed E-state index contributed by atoms with van der Waals surface area (Å²) < 4.78 is 2.03. The molecule has 0 saturated heterocycles. The number of nitrogens with zero attached hydrogens (tertiary/aromatic N) is 3. The Kier molecular flexibility index (Phi) is 3.05. The quantitative estimate of drug-likeness (QED) is 0.811. The van der Waals surface area contributed by atoms with Crippen LogP contribution >= 0.6 is 0 Å². The lowest BCUT2D eigenvalue weighted by Gasteiger charge is -2.15. The molecule has 0 aliphatic rings. The Hall–Kier alpha value is -2.04. The van der Waals surface area contributed by atoms with Crippen molar-refractivity contribution in [3.05, 3.63) is 37.1 Å². The van der Waals surface area contributed by atoms with E-state index >= 15 is 0 Å². The number of imidazole rings is 1. The Bertz CT molecular complexity index is 437. The second-order valence-electron chi connectivity index (χ2n) is 3.77. The van der Waals surface area contributed by atoms with Gasteiger partial charge in [0.1, 0.15) is 5.82 Å². The van der Waals surface area contributed by atoms with Crippen molar-refractivity contribution in [3.63, 3.8) is 0 Å². The predicted octanol–water partition coefficient (Wildman–Crippen LogP) is 1.36. The second-order valence-corrected chi connectivity index (χ2v) is 3.77. The van der Waals surface area contributed by atoms with E-state index in [4.69, 9.17) is 5.73 Å². The molecule has 0 amide bonds. The molecule has 0 aliphatic heterocycles. The Morgan fingerprint density at radius 3 is 3.06 bits per heavy atom. The zero-order valence-corrected chi connectivity index (χ0v) is 9.17. The maximum atomic E-state index is 5.60. The van der Waals surface area contributed by atoms with Gasteiger partial charge in [-0.3, -0.25) is 0 Å². The first-order chi connectivity index (χ1) is 7.74. The van der Waals surface area contributed by atoms with Gasteiger partial charge in [0.05, 0.1) is 6.33 Å². The topological polar surface area (TPSA) is 68.8 Å². The second kappa shape index (κ2) is 4.65. The summed E-state index contributed by atoms with van der Waals surface area (Å²) in [5, 5.41) is 3.35. The molecule has 0 aliphatic carbocycles. The Morgan fingerprint density at radius 1 is 1.50 bits per heavy atom. The van der Waals surface area contributed by atoms with Crippen LogP contribution in [0.4, 0.5) is 11.5 Å². The highest BCUT2D eigenvalue weighted by Gasteiger charge is 2.02. The summed E-state index contributed by atoms with van der Waals surface area (Å²) >= 11 is 0. The van der Waals surface area contributed by atoms with Gasteiger partial charge in [0.25, 0.3) is 0 Å². The zero-order chi connectivity index (χ0) is 11.4. The molecule has 0 saturated carbocycles. The van der Waals surface area contributed by atoms with Crippen molar-refractivity contribution in [3.8, 4) is 0 Å². The minimum Gasteiger partial charge on any atom is -0.384 e. The number of hydrogen-bond acceptors (Lipinski definition) is 4. The molecule has 0 spiro atoms. The fourth-order valence-corrected chi connectivity index (χ4v) is 1.58. The van der Waals surface area contributed by atoms with Gasteiger partial charge in [-0.1, -0.05) is 0 Å². The van der Waals surface area contributed by atoms with Crippen molar-refractivity contribution in [2.24, 2.45) is 0 Å². The third-order valence-electron chi connectivity index (χ3n) is 2.24. The van der Waals surface area contributed by atoms with Gasteiger partial charge in [-0.2, -0.15) is 0 Å².